The van der Waals surface area contributed by atoms with Crippen molar-refractivity contribution in [1.82, 2.24) is 9.44 Å². The molecule has 0 spiro atoms. The molecule has 0 heterocycles. The maximum Gasteiger partial charge on any atom is 0.278 e. The highest BCUT2D eigenvalue weighted by Gasteiger charge is 2.42. The highest BCUT2D eigenvalue weighted by Crippen LogP contribution is 2.34. The van der Waals surface area contributed by atoms with Crippen LogP contribution in [0.4, 0.5) is 0 Å². The number of oxime groups is 1. The summed E-state index contributed by atoms with van der Waals surface area (Å²) in [7, 11) is -3.69. The first-order chi connectivity index (χ1) is 9.24. The van der Waals surface area contributed by atoms with Crippen LogP contribution in [0.5, 0.6) is 0 Å². The minimum atomic E-state index is -3.69. The van der Waals surface area contributed by atoms with Gasteiger partial charge in [0, 0.05) is 6.04 Å². The maximum absolute atomic E-state index is 12.1. The van der Waals surface area contributed by atoms with Crippen molar-refractivity contribution < 1.29 is 13.6 Å². The first-order valence-electron chi connectivity index (χ1n) is 7.04. The molecule has 0 atom stereocenters. The van der Waals surface area contributed by atoms with Crippen LogP contribution in [0.2, 0.25) is 0 Å². The van der Waals surface area contributed by atoms with E-state index >= 15 is 0 Å². The molecule has 0 aromatic heterocycles. The second kappa shape index (κ2) is 6.73. The van der Waals surface area contributed by atoms with Gasteiger partial charge in [-0.2, -0.15) is 17.9 Å². The van der Waals surface area contributed by atoms with Gasteiger partial charge in [0.1, 0.15) is 0 Å². The van der Waals surface area contributed by atoms with E-state index < -0.39 is 15.7 Å². The van der Waals surface area contributed by atoms with Crippen molar-refractivity contribution >= 4 is 16.0 Å². The van der Waals surface area contributed by atoms with Gasteiger partial charge in [0.2, 0.25) is 0 Å². The molecule has 0 aromatic rings. The molecule has 0 aliphatic heterocycles. The molecule has 1 aliphatic rings. The van der Waals surface area contributed by atoms with E-state index in [0.717, 1.165) is 19.3 Å². The topological polar surface area (TPSA) is 117 Å². The van der Waals surface area contributed by atoms with Gasteiger partial charge in [-0.15, -0.1) is 0 Å². The smallest absolute Gasteiger partial charge is 0.278 e. The van der Waals surface area contributed by atoms with Crippen LogP contribution >= 0.6 is 0 Å². The first kappa shape index (κ1) is 17.2. The van der Waals surface area contributed by atoms with Gasteiger partial charge in [0.25, 0.3) is 10.2 Å². The predicted octanol–water partition coefficient (Wildman–Crippen LogP) is 0.904. The summed E-state index contributed by atoms with van der Waals surface area (Å²) < 4.78 is 29.2. The SMILES string of the molecule is CCC1CCC(NS(=O)(=O)NC(C)C)(C(N)=NO)CC1. The van der Waals surface area contributed by atoms with Crippen molar-refractivity contribution in [2.75, 3.05) is 0 Å². The normalized spacial score (nSPS) is 28.8. The monoisotopic (exact) mass is 306 g/mol. The Labute approximate surface area is 121 Å². The molecule has 0 amide bonds. The van der Waals surface area contributed by atoms with E-state index in [2.05, 4.69) is 21.5 Å². The Morgan fingerprint density at radius 3 is 2.40 bits per heavy atom. The Morgan fingerprint density at radius 2 is 2.00 bits per heavy atom. The number of nitrogens with two attached hydrogens (primary N) is 1. The zero-order valence-corrected chi connectivity index (χ0v) is 13.2. The van der Waals surface area contributed by atoms with Crippen LogP contribution in [0.1, 0.15) is 52.9 Å². The lowest BCUT2D eigenvalue weighted by molar-refractivity contribution is 0.252. The van der Waals surface area contributed by atoms with E-state index in [1.54, 1.807) is 13.8 Å². The molecular formula is C12H26N4O3S. The molecular weight excluding hydrogens is 280 g/mol. The molecule has 20 heavy (non-hydrogen) atoms. The van der Waals surface area contributed by atoms with Gasteiger partial charge in [0.05, 0.1) is 5.54 Å². The average Bonchev–Trinajstić information content (AvgIpc) is 2.36. The van der Waals surface area contributed by atoms with Crippen LogP contribution in [-0.2, 0) is 10.2 Å². The molecule has 1 fully saturated rings. The van der Waals surface area contributed by atoms with Crippen LogP contribution < -0.4 is 15.2 Å². The lowest BCUT2D eigenvalue weighted by Gasteiger charge is -2.39. The van der Waals surface area contributed by atoms with E-state index in [-0.39, 0.29) is 11.9 Å². The summed E-state index contributed by atoms with van der Waals surface area (Å²) in [6, 6.07) is -0.219. The first-order valence-corrected chi connectivity index (χ1v) is 8.52. The molecule has 0 unspecified atom stereocenters. The molecule has 0 aromatic carbocycles. The lowest BCUT2D eigenvalue weighted by atomic mass is 9.75. The fraction of sp³-hybridized carbons (Fsp3) is 0.917. The zero-order chi connectivity index (χ0) is 15.4. The van der Waals surface area contributed by atoms with Crippen LogP contribution in [0.3, 0.4) is 0 Å². The Kier molecular flexibility index (Phi) is 5.79. The lowest BCUT2D eigenvalue weighted by Crippen LogP contribution is -2.61. The fourth-order valence-corrected chi connectivity index (χ4v) is 4.18. The van der Waals surface area contributed by atoms with Gasteiger partial charge in [-0.05, 0) is 45.4 Å². The summed E-state index contributed by atoms with van der Waals surface area (Å²) in [5.74, 6) is 0.498. The summed E-state index contributed by atoms with van der Waals surface area (Å²) >= 11 is 0. The van der Waals surface area contributed by atoms with Crippen molar-refractivity contribution in [3.05, 3.63) is 0 Å². The molecule has 0 bridgehead atoms. The number of rotatable bonds is 6. The minimum Gasteiger partial charge on any atom is -0.409 e. The molecule has 1 saturated carbocycles. The predicted molar refractivity (Wildman–Crippen MR) is 78.7 cm³/mol. The quantitative estimate of drug-likeness (QED) is 0.252. The molecule has 5 N–H and O–H groups in total. The summed E-state index contributed by atoms with van der Waals surface area (Å²) in [6.45, 7) is 5.60. The number of nitrogens with zero attached hydrogens (tertiary/aromatic N) is 1. The fourth-order valence-electron chi connectivity index (χ4n) is 2.68. The van der Waals surface area contributed by atoms with Crippen molar-refractivity contribution in [3.8, 4) is 0 Å². The van der Waals surface area contributed by atoms with Gasteiger partial charge in [-0.3, -0.25) is 0 Å². The van der Waals surface area contributed by atoms with Crippen molar-refractivity contribution in [3.63, 3.8) is 0 Å². The largest absolute Gasteiger partial charge is 0.409 e. The van der Waals surface area contributed by atoms with Gasteiger partial charge in [-0.25, -0.2) is 0 Å². The highest BCUT2D eigenvalue weighted by molar-refractivity contribution is 7.87. The standard InChI is InChI=1S/C12H26N4O3S/c1-4-10-5-7-12(8-6-10,11(13)14-17)16-20(18,19)15-9(2)3/h9-10,15-17H,4-8H2,1-3H3,(H2,13,14). The molecule has 8 heteroatoms. The van der Waals surface area contributed by atoms with Gasteiger partial charge < -0.3 is 10.9 Å². The Bertz CT molecular complexity index is 440. The molecule has 7 nitrogen and oxygen atoms in total. The van der Waals surface area contributed by atoms with E-state index in [0.29, 0.717) is 18.8 Å². The highest BCUT2D eigenvalue weighted by atomic mass is 32.2. The Balaban J connectivity index is 2.92. The minimum absolute atomic E-state index is 0.0683. The van der Waals surface area contributed by atoms with Gasteiger partial charge in [0.15, 0.2) is 5.84 Å². The third-order valence-corrected chi connectivity index (χ3v) is 5.30. The molecule has 1 aliphatic carbocycles. The van der Waals surface area contributed by atoms with Crippen molar-refractivity contribution in [2.24, 2.45) is 16.8 Å². The third kappa shape index (κ3) is 4.32. The Morgan fingerprint density at radius 1 is 1.45 bits per heavy atom. The zero-order valence-electron chi connectivity index (χ0n) is 12.4. The molecule has 0 radical (unpaired) electrons. The molecule has 0 saturated heterocycles. The Hall–Kier alpha value is -0.860. The number of hydrogen-bond donors (Lipinski definition) is 4. The van der Waals surface area contributed by atoms with Crippen LogP contribution in [-0.4, -0.2) is 31.0 Å². The van der Waals surface area contributed by atoms with Crippen LogP contribution in [0, 0.1) is 5.92 Å². The van der Waals surface area contributed by atoms with E-state index in [1.807, 2.05) is 0 Å². The van der Waals surface area contributed by atoms with E-state index in [9.17, 15) is 8.42 Å². The second-order valence-electron chi connectivity index (χ2n) is 5.80. The summed E-state index contributed by atoms with van der Waals surface area (Å²) in [5, 5.41) is 12.0. The third-order valence-electron chi connectivity index (χ3n) is 3.85. The van der Waals surface area contributed by atoms with E-state index in [1.165, 1.54) is 0 Å². The second-order valence-corrected chi connectivity index (χ2v) is 7.24. The number of amidine groups is 1. The number of hydrogen-bond acceptors (Lipinski definition) is 4. The van der Waals surface area contributed by atoms with Crippen molar-refractivity contribution in [2.45, 2.75) is 64.5 Å². The molecule has 118 valence electrons. The average molecular weight is 306 g/mol. The van der Waals surface area contributed by atoms with E-state index in [4.69, 9.17) is 10.9 Å². The van der Waals surface area contributed by atoms with Crippen molar-refractivity contribution in [1.29, 1.82) is 0 Å². The summed E-state index contributed by atoms with van der Waals surface area (Å²) in [6.07, 6.45) is 3.86. The van der Waals surface area contributed by atoms with Crippen LogP contribution in [0.25, 0.3) is 0 Å². The molecule has 1 rings (SSSR count). The maximum atomic E-state index is 12.1. The van der Waals surface area contributed by atoms with Crippen LogP contribution in [0.15, 0.2) is 5.16 Å². The van der Waals surface area contributed by atoms with Gasteiger partial charge in [-0.1, -0.05) is 18.5 Å². The number of nitrogens with one attached hydrogen (secondary N) is 2. The summed E-state index contributed by atoms with van der Waals surface area (Å²) in [4.78, 5) is 0. The summed E-state index contributed by atoms with van der Waals surface area (Å²) in [5.41, 5.74) is 4.77. The van der Waals surface area contributed by atoms with Gasteiger partial charge >= 0.3 is 0 Å².